The summed E-state index contributed by atoms with van der Waals surface area (Å²) in [4.78, 5) is 14.6. The van der Waals surface area contributed by atoms with E-state index < -0.39 is 16.3 Å². The maximum atomic E-state index is 13.6. The van der Waals surface area contributed by atoms with E-state index in [0.29, 0.717) is 4.90 Å². The van der Waals surface area contributed by atoms with Crippen LogP contribution in [0.15, 0.2) is 93.5 Å². The van der Waals surface area contributed by atoms with Gasteiger partial charge in [-0.3, -0.25) is 0 Å². The van der Waals surface area contributed by atoms with Crippen LogP contribution in [-0.2, 0) is 4.18 Å². The lowest BCUT2D eigenvalue weighted by atomic mass is 10.2. The summed E-state index contributed by atoms with van der Waals surface area (Å²) in [7, 11) is -3.16. The van der Waals surface area contributed by atoms with Crippen LogP contribution in [0.4, 0.5) is 0 Å². The first kappa shape index (κ1) is 26.3. The predicted octanol–water partition coefficient (Wildman–Crippen LogP) is 10.4. The molecule has 0 fully saturated rings. The summed E-state index contributed by atoms with van der Waals surface area (Å²) in [6.07, 6.45) is 0. The van der Waals surface area contributed by atoms with Crippen molar-refractivity contribution in [3.63, 3.8) is 0 Å². The van der Waals surface area contributed by atoms with E-state index in [0.717, 1.165) is 0 Å². The van der Waals surface area contributed by atoms with E-state index in [1.807, 2.05) is 0 Å². The Balaban J connectivity index is 2.15. The molecule has 0 amide bonds. The van der Waals surface area contributed by atoms with E-state index in [2.05, 4.69) is 0 Å². The van der Waals surface area contributed by atoms with Gasteiger partial charge < -0.3 is 9.29 Å². The van der Waals surface area contributed by atoms with Gasteiger partial charge in [0.25, 0.3) is 0 Å². The molecule has 35 heavy (non-hydrogen) atoms. The fourth-order valence-corrected chi connectivity index (χ4v) is 9.56. The Morgan fingerprint density at radius 1 is 0.657 bits per heavy atom. The maximum Gasteiger partial charge on any atom is 0.353 e. The molecule has 4 rings (SSSR count). The van der Waals surface area contributed by atoms with Gasteiger partial charge in [-0.05, 0) is 58.8 Å². The van der Waals surface area contributed by atoms with E-state index in [4.69, 9.17) is 73.8 Å². The summed E-state index contributed by atoms with van der Waals surface area (Å²) in [6.45, 7) is 0. The van der Waals surface area contributed by atoms with E-state index in [1.54, 1.807) is 42.5 Å². The van der Waals surface area contributed by atoms with Crippen molar-refractivity contribution in [3.05, 3.63) is 115 Å². The molecule has 0 aliphatic rings. The second-order valence-electron chi connectivity index (χ2n) is 7.15. The summed E-state index contributed by atoms with van der Waals surface area (Å²) in [5.74, 6) is -1.11. The average Bonchev–Trinajstić information content (AvgIpc) is 2.78. The maximum absolute atomic E-state index is 13.6. The molecule has 1 N–H and O–H groups in total. The minimum absolute atomic E-state index is 0.0669. The van der Waals surface area contributed by atoms with Crippen molar-refractivity contribution in [2.45, 2.75) is 14.7 Å². The number of aromatic hydroxyl groups is 1. The molecule has 0 unspecified atom stereocenters. The molecule has 4 aromatic carbocycles. The quantitative estimate of drug-likeness (QED) is 0.246. The van der Waals surface area contributed by atoms with Gasteiger partial charge in [-0.2, -0.15) is 0 Å². The number of hydrogen-bond acceptors (Lipinski definition) is 3. The predicted molar refractivity (Wildman–Crippen MR) is 145 cm³/mol. The second-order valence-corrected chi connectivity index (χ2v) is 12.2. The molecule has 0 spiro atoms. The van der Waals surface area contributed by atoms with Gasteiger partial charge in [-0.15, -0.1) is 0 Å². The highest BCUT2D eigenvalue weighted by atomic mass is 35.5. The van der Waals surface area contributed by atoms with Crippen molar-refractivity contribution >= 4 is 85.9 Å². The zero-order valence-corrected chi connectivity index (χ0v) is 22.8. The normalized spacial score (nSPS) is 11.8. The first-order chi connectivity index (χ1) is 16.6. The Labute approximate surface area is 233 Å². The van der Waals surface area contributed by atoms with E-state index >= 15 is 0 Å². The number of phenols is 1. The third-order valence-electron chi connectivity index (χ3n) is 4.90. The van der Waals surface area contributed by atoms with Gasteiger partial charge >= 0.3 is 5.97 Å². The van der Waals surface area contributed by atoms with Crippen molar-refractivity contribution in [2.24, 2.45) is 0 Å². The lowest BCUT2D eigenvalue weighted by Gasteiger charge is -2.41. The molecule has 0 aromatic heterocycles. The largest absolute Gasteiger partial charge is 0.507 e. The second kappa shape index (κ2) is 10.7. The summed E-state index contributed by atoms with van der Waals surface area (Å²) < 4.78 is 6.33. The highest BCUT2D eigenvalue weighted by Gasteiger charge is 2.43. The molecule has 0 saturated carbocycles. The van der Waals surface area contributed by atoms with Crippen molar-refractivity contribution < 1.29 is 14.1 Å². The number of halogens is 6. The molecule has 0 radical (unpaired) electrons. The molecule has 0 bridgehead atoms. The molecule has 0 heterocycles. The fourth-order valence-electron chi connectivity index (χ4n) is 3.49. The van der Waals surface area contributed by atoms with Crippen LogP contribution in [0.25, 0.3) is 0 Å². The molecule has 0 atom stereocenters. The number of carbonyl (C=O) groups excluding carboxylic acids is 1. The van der Waals surface area contributed by atoms with E-state index in [-0.39, 0.29) is 51.2 Å². The third kappa shape index (κ3) is 5.07. The van der Waals surface area contributed by atoms with Crippen molar-refractivity contribution in [1.29, 1.82) is 0 Å². The lowest BCUT2D eigenvalue weighted by Crippen LogP contribution is -2.16. The topological polar surface area (TPSA) is 46.5 Å². The lowest BCUT2D eigenvalue weighted by molar-refractivity contribution is 0.0754. The standard InChI is InChI=1S/C25H14Cl6O3S/c26-14-10-18(28)23(19(29)11-14)35(16-6-2-1-3-7-16,24-20(30)12-15(27)13-21(24)31)34-25(33)17-8-4-5-9-22(17)32/h1-13,32H. The highest BCUT2D eigenvalue weighted by molar-refractivity contribution is 8.30. The molecule has 3 nitrogen and oxygen atoms in total. The molecule has 0 aliphatic heterocycles. The minimum Gasteiger partial charge on any atom is -0.507 e. The van der Waals surface area contributed by atoms with Crippen LogP contribution >= 0.6 is 79.9 Å². The van der Waals surface area contributed by atoms with E-state index in [9.17, 15) is 9.90 Å². The molecule has 4 aromatic rings. The minimum atomic E-state index is -3.16. The van der Waals surface area contributed by atoms with Gasteiger partial charge in [0.05, 0.1) is 29.9 Å². The summed E-state index contributed by atoms with van der Waals surface area (Å²) >= 11 is 39.3. The van der Waals surface area contributed by atoms with Crippen molar-refractivity contribution in [1.82, 2.24) is 0 Å². The number of benzene rings is 4. The monoisotopic (exact) mass is 604 g/mol. The first-order valence-electron chi connectivity index (χ1n) is 9.84. The Kier molecular flexibility index (Phi) is 8.04. The number of phenolic OH excluding ortho intramolecular Hbond substituents is 1. The zero-order chi connectivity index (χ0) is 25.3. The van der Waals surface area contributed by atoms with Gasteiger partial charge in [0, 0.05) is 14.9 Å². The SMILES string of the molecule is O=C(OS(c1ccccc1)(c1c(Cl)cc(Cl)cc1Cl)c1c(Cl)cc(Cl)cc1Cl)c1ccccc1O. The van der Waals surface area contributed by atoms with Crippen LogP contribution in [0.2, 0.25) is 30.1 Å². The van der Waals surface area contributed by atoms with Crippen molar-refractivity contribution in [2.75, 3.05) is 0 Å². The van der Waals surface area contributed by atoms with Gasteiger partial charge in [0.1, 0.15) is 11.3 Å². The molecule has 180 valence electrons. The molecule has 10 heteroatoms. The molecule has 0 aliphatic carbocycles. The number of rotatable bonds is 5. The summed E-state index contributed by atoms with van der Waals surface area (Å²) in [5, 5.41) is 11.4. The Hall–Kier alpha value is -1.76. The fraction of sp³-hybridized carbons (Fsp3) is 0. The number of hydrogen-bond donors (Lipinski definition) is 1. The van der Waals surface area contributed by atoms with Gasteiger partial charge in [0.2, 0.25) is 0 Å². The van der Waals surface area contributed by atoms with Crippen LogP contribution in [0.1, 0.15) is 10.4 Å². The Morgan fingerprint density at radius 3 is 1.54 bits per heavy atom. The Morgan fingerprint density at radius 2 is 1.09 bits per heavy atom. The van der Waals surface area contributed by atoms with Crippen molar-refractivity contribution in [3.8, 4) is 5.75 Å². The first-order valence-corrected chi connectivity index (χ1v) is 13.7. The van der Waals surface area contributed by atoms with Crippen LogP contribution in [0.5, 0.6) is 5.75 Å². The zero-order valence-electron chi connectivity index (χ0n) is 17.4. The van der Waals surface area contributed by atoms with Gasteiger partial charge in [0.15, 0.2) is 0 Å². The smallest absolute Gasteiger partial charge is 0.353 e. The number of carbonyl (C=O) groups is 1. The van der Waals surface area contributed by atoms with Crippen LogP contribution in [0, 0.1) is 0 Å². The van der Waals surface area contributed by atoms with Gasteiger partial charge in [-0.1, -0.05) is 99.9 Å². The summed E-state index contributed by atoms with van der Waals surface area (Å²) in [6, 6.07) is 20.8. The molecular weight excluding hydrogens is 593 g/mol. The molecular formula is C25H14Cl6O3S. The van der Waals surface area contributed by atoms with Crippen LogP contribution in [-0.4, -0.2) is 11.1 Å². The number of para-hydroxylation sites is 1. The van der Waals surface area contributed by atoms with E-state index in [1.165, 1.54) is 36.4 Å². The summed E-state index contributed by atoms with van der Waals surface area (Å²) in [5.41, 5.74) is -0.0669. The van der Waals surface area contributed by atoms with Crippen LogP contribution < -0.4 is 0 Å². The van der Waals surface area contributed by atoms with Crippen LogP contribution in [0.3, 0.4) is 0 Å². The average molecular weight is 607 g/mol. The molecule has 0 saturated heterocycles. The third-order valence-corrected chi connectivity index (χ3v) is 10.3. The Bertz CT molecular complexity index is 1320. The highest BCUT2D eigenvalue weighted by Crippen LogP contribution is 2.75. The van der Waals surface area contributed by atoms with Gasteiger partial charge in [-0.25, -0.2) is 4.79 Å².